The van der Waals surface area contributed by atoms with Crippen LogP contribution in [0, 0.1) is 6.92 Å². The first-order valence-electron chi connectivity index (χ1n) is 8.04. The van der Waals surface area contributed by atoms with Crippen LogP contribution >= 0.6 is 0 Å². The largest absolute Gasteiger partial charge is 0.491 e. The van der Waals surface area contributed by atoms with Crippen LogP contribution in [0.15, 0.2) is 36.4 Å². The molecule has 2 N–H and O–H groups in total. The molecule has 0 saturated carbocycles. The highest BCUT2D eigenvalue weighted by Crippen LogP contribution is 2.27. The number of fused-ring (bicyclic) bond motifs is 1. The summed E-state index contributed by atoms with van der Waals surface area (Å²) in [6.07, 6.45) is 0.930. The molecule has 4 heteroatoms. The lowest BCUT2D eigenvalue weighted by Gasteiger charge is -2.13. The zero-order valence-corrected chi connectivity index (χ0v) is 13.6. The van der Waals surface area contributed by atoms with Gasteiger partial charge < -0.3 is 15.4 Å². The van der Waals surface area contributed by atoms with Gasteiger partial charge in [-0.2, -0.15) is 0 Å². The van der Waals surface area contributed by atoms with Crippen LogP contribution < -0.4 is 15.4 Å². The van der Waals surface area contributed by atoms with E-state index >= 15 is 0 Å². The SMILES string of the molecule is CCCOc1cc(C)ccc1NC(=O)c1ccc2c(c1)CNC2. The monoisotopic (exact) mass is 310 g/mol. The number of carbonyl (C=O) groups excluding carboxylic acids is 1. The first-order chi connectivity index (χ1) is 11.2. The summed E-state index contributed by atoms with van der Waals surface area (Å²) in [7, 11) is 0. The third-order valence-electron chi connectivity index (χ3n) is 3.95. The van der Waals surface area contributed by atoms with E-state index in [0.29, 0.717) is 17.9 Å². The van der Waals surface area contributed by atoms with Crippen LogP contribution in [0.25, 0.3) is 0 Å². The number of nitrogens with one attached hydrogen (secondary N) is 2. The predicted octanol–water partition coefficient (Wildman–Crippen LogP) is 3.64. The molecule has 120 valence electrons. The molecule has 2 aromatic rings. The molecular weight excluding hydrogens is 288 g/mol. The van der Waals surface area contributed by atoms with Crippen LogP contribution in [0.2, 0.25) is 0 Å². The topological polar surface area (TPSA) is 50.4 Å². The molecule has 1 aliphatic heterocycles. The Morgan fingerprint density at radius 3 is 2.83 bits per heavy atom. The van der Waals surface area contributed by atoms with E-state index in [1.807, 2.05) is 43.3 Å². The normalized spacial score (nSPS) is 12.8. The minimum Gasteiger partial charge on any atom is -0.491 e. The maximum absolute atomic E-state index is 12.5. The fourth-order valence-electron chi connectivity index (χ4n) is 2.69. The van der Waals surface area contributed by atoms with Gasteiger partial charge in [0.15, 0.2) is 0 Å². The summed E-state index contributed by atoms with van der Waals surface area (Å²) in [5.74, 6) is 0.618. The van der Waals surface area contributed by atoms with E-state index in [9.17, 15) is 4.79 Å². The molecule has 0 unspecified atom stereocenters. The van der Waals surface area contributed by atoms with Crippen LogP contribution in [-0.2, 0) is 13.1 Å². The van der Waals surface area contributed by atoms with Gasteiger partial charge in [0.1, 0.15) is 5.75 Å². The van der Waals surface area contributed by atoms with Crippen LogP contribution in [0.3, 0.4) is 0 Å². The molecule has 0 atom stereocenters. The van der Waals surface area contributed by atoms with Crippen molar-refractivity contribution in [2.75, 3.05) is 11.9 Å². The number of carbonyl (C=O) groups is 1. The summed E-state index contributed by atoms with van der Waals surface area (Å²) >= 11 is 0. The van der Waals surface area contributed by atoms with Gasteiger partial charge in [0.2, 0.25) is 0 Å². The molecular formula is C19H22N2O2. The molecule has 2 aromatic carbocycles. The third-order valence-corrected chi connectivity index (χ3v) is 3.95. The van der Waals surface area contributed by atoms with E-state index in [1.54, 1.807) is 0 Å². The lowest BCUT2D eigenvalue weighted by Crippen LogP contribution is -2.13. The van der Waals surface area contributed by atoms with Crippen molar-refractivity contribution in [3.05, 3.63) is 58.7 Å². The molecule has 0 aromatic heterocycles. The summed E-state index contributed by atoms with van der Waals surface area (Å²) < 4.78 is 5.75. The third kappa shape index (κ3) is 3.54. The second kappa shape index (κ2) is 6.84. The molecule has 0 aliphatic carbocycles. The van der Waals surface area contributed by atoms with E-state index in [1.165, 1.54) is 11.1 Å². The minimum atomic E-state index is -0.107. The van der Waals surface area contributed by atoms with Crippen LogP contribution in [-0.4, -0.2) is 12.5 Å². The molecule has 0 saturated heterocycles. The van der Waals surface area contributed by atoms with Crippen molar-refractivity contribution in [2.24, 2.45) is 0 Å². The number of ether oxygens (including phenoxy) is 1. The maximum atomic E-state index is 12.5. The molecule has 4 nitrogen and oxygen atoms in total. The number of benzene rings is 2. The first kappa shape index (κ1) is 15.6. The molecule has 1 aliphatic rings. The number of rotatable bonds is 5. The molecule has 3 rings (SSSR count). The molecule has 0 spiro atoms. The van der Waals surface area contributed by atoms with Crippen molar-refractivity contribution >= 4 is 11.6 Å². The number of hydrogen-bond acceptors (Lipinski definition) is 3. The van der Waals surface area contributed by atoms with Crippen molar-refractivity contribution in [2.45, 2.75) is 33.4 Å². The van der Waals surface area contributed by atoms with E-state index in [0.717, 1.165) is 30.8 Å². The fourth-order valence-corrected chi connectivity index (χ4v) is 2.69. The Balaban J connectivity index is 1.79. The molecule has 0 bridgehead atoms. The van der Waals surface area contributed by atoms with Gasteiger partial charge in [0.25, 0.3) is 5.91 Å². The van der Waals surface area contributed by atoms with Crippen LogP contribution in [0.5, 0.6) is 5.75 Å². The summed E-state index contributed by atoms with van der Waals surface area (Å²) in [6.45, 7) is 6.41. The second-order valence-corrected chi connectivity index (χ2v) is 5.89. The van der Waals surface area contributed by atoms with E-state index in [4.69, 9.17) is 4.74 Å². The van der Waals surface area contributed by atoms with Crippen LogP contribution in [0.1, 0.15) is 40.4 Å². The standard InChI is InChI=1S/C19H22N2O2/c1-3-8-23-18-9-13(2)4-7-17(18)21-19(22)14-5-6-15-11-20-12-16(15)10-14/h4-7,9-10,20H,3,8,11-12H2,1-2H3,(H,21,22). The zero-order valence-electron chi connectivity index (χ0n) is 13.6. The zero-order chi connectivity index (χ0) is 16.2. The Morgan fingerprint density at radius 1 is 1.17 bits per heavy atom. The smallest absolute Gasteiger partial charge is 0.255 e. The highest BCUT2D eigenvalue weighted by Gasteiger charge is 2.15. The van der Waals surface area contributed by atoms with E-state index in [-0.39, 0.29) is 5.91 Å². The van der Waals surface area contributed by atoms with Crippen LogP contribution in [0.4, 0.5) is 5.69 Å². The quantitative estimate of drug-likeness (QED) is 0.886. The average molecular weight is 310 g/mol. The number of amides is 1. The van der Waals surface area contributed by atoms with Crippen molar-refractivity contribution in [3.63, 3.8) is 0 Å². The maximum Gasteiger partial charge on any atom is 0.255 e. The molecule has 1 amide bonds. The lowest BCUT2D eigenvalue weighted by molar-refractivity contribution is 0.102. The summed E-state index contributed by atoms with van der Waals surface area (Å²) in [6, 6.07) is 11.7. The van der Waals surface area contributed by atoms with E-state index < -0.39 is 0 Å². The summed E-state index contributed by atoms with van der Waals surface area (Å²) in [5.41, 5.74) is 4.97. The van der Waals surface area contributed by atoms with Crippen molar-refractivity contribution < 1.29 is 9.53 Å². The fraction of sp³-hybridized carbons (Fsp3) is 0.316. The van der Waals surface area contributed by atoms with Crippen molar-refractivity contribution in [3.8, 4) is 5.75 Å². The molecule has 23 heavy (non-hydrogen) atoms. The lowest BCUT2D eigenvalue weighted by atomic mass is 10.1. The first-order valence-corrected chi connectivity index (χ1v) is 8.04. The van der Waals surface area contributed by atoms with Gasteiger partial charge in [-0.1, -0.05) is 19.1 Å². The van der Waals surface area contributed by atoms with Gasteiger partial charge in [-0.3, -0.25) is 4.79 Å². The number of aryl methyl sites for hydroxylation is 1. The number of anilines is 1. The van der Waals surface area contributed by atoms with Gasteiger partial charge in [-0.25, -0.2) is 0 Å². The van der Waals surface area contributed by atoms with Gasteiger partial charge in [-0.15, -0.1) is 0 Å². The Hall–Kier alpha value is -2.33. The summed E-state index contributed by atoms with van der Waals surface area (Å²) in [5, 5.41) is 6.26. The Bertz CT molecular complexity index is 725. The average Bonchev–Trinajstić information content (AvgIpc) is 3.02. The van der Waals surface area contributed by atoms with Gasteiger partial charge in [0, 0.05) is 18.7 Å². The van der Waals surface area contributed by atoms with E-state index in [2.05, 4.69) is 17.6 Å². The summed E-state index contributed by atoms with van der Waals surface area (Å²) in [4.78, 5) is 12.5. The molecule has 0 radical (unpaired) electrons. The Morgan fingerprint density at radius 2 is 2.00 bits per heavy atom. The highest BCUT2D eigenvalue weighted by atomic mass is 16.5. The van der Waals surface area contributed by atoms with Gasteiger partial charge in [0.05, 0.1) is 12.3 Å². The highest BCUT2D eigenvalue weighted by molar-refractivity contribution is 6.05. The minimum absolute atomic E-state index is 0.107. The van der Waals surface area contributed by atoms with Gasteiger partial charge >= 0.3 is 0 Å². The molecule has 1 heterocycles. The second-order valence-electron chi connectivity index (χ2n) is 5.89. The van der Waals surface area contributed by atoms with Gasteiger partial charge in [-0.05, 0) is 54.3 Å². The predicted molar refractivity (Wildman–Crippen MR) is 91.9 cm³/mol. The van der Waals surface area contributed by atoms with Crippen molar-refractivity contribution in [1.29, 1.82) is 0 Å². The Labute approximate surface area is 136 Å². The van der Waals surface area contributed by atoms with Crippen molar-refractivity contribution in [1.82, 2.24) is 5.32 Å². The Kier molecular flexibility index (Phi) is 4.63. The number of hydrogen-bond donors (Lipinski definition) is 2. The molecule has 0 fully saturated rings.